The molecule has 1 aromatic carbocycles. The van der Waals surface area contributed by atoms with Gasteiger partial charge in [0.15, 0.2) is 0 Å². The number of carbonyl (C=O) groups is 1. The van der Waals surface area contributed by atoms with Gasteiger partial charge in [-0.1, -0.05) is 0 Å². The molecule has 6 heteroatoms. The molecule has 0 atom stereocenters. The number of amides is 1. The molecule has 5 nitrogen and oxygen atoms in total. The summed E-state index contributed by atoms with van der Waals surface area (Å²) in [6.45, 7) is 5.27. The van der Waals surface area contributed by atoms with Crippen molar-refractivity contribution in [2.45, 2.75) is 6.92 Å². The van der Waals surface area contributed by atoms with E-state index in [-0.39, 0.29) is 6.09 Å². The highest BCUT2D eigenvalue weighted by Crippen LogP contribution is 2.25. The van der Waals surface area contributed by atoms with E-state index in [0.717, 1.165) is 22.3 Å². The first-order valence-electron chi connectivity index (χ1n) is 6.33. The lowest BCUT2D eigenvalue weighted by Crippen LogP contribution is -2.49. The van der Waals surface area contributed by atoms with Crippen molar-refractivity contribution in [3.63, 3.8) is 0 Å². The molecular weight excluding hydrogens is 357 g/mol. The molecule has 1 aromatic rings. The van der Waals surface area contributed by atoms with E-state index in [9.17, 15) is 4.79 Å². The first kappa shape index (κ1) is 14.2. The molecule has 1 fully saturated rings. The van der Waals surface area contributed by atoms with Crippen molar-refractivity contribution in [3.05, 3.63) is 21.8 Å². The quantitative estimate of drug-likeness (QED) is 0.636. The van der Waals surface area contributed by atoms with Crippen molar-refractivity contribution in [2.24, 2.45) is 0 Å². The molecule has 0 unspecified atom stereocenters. The van der Waals surface area contributed by atoms with Crippen LogP contribution in [0.5, 0.6) is 0 Å². The Morgan fingerprint density at radius 2 is 2.05 bits per heavy atom. The van der Waals surface area contributed by atoms with E-state index >= 15 is 0 Å². The molecule has 0 spiro atoms. The van der Waals surface area contributed by atoms with Crippen LogP contribution in [0.4, 0.5) is 16.2 Å². The van der Waals surface area contributed by atoms with Gasteiger partial charge in [0, 0.05) is 35.4 Å². The molecule has 2 N–H and O–H groups in total. The Bertz CT molecular complexity index is 459. The molecule has 1 heterocycles. The van der Waals surface area contributed by atoms with E-state index in [0.29, 0.717) is 19.7 Å². The van der Waals surface area contributed by atoms with Crippen molar-refractivity contribution in [1.29, 1.82) is 0 Å². The van der Waals surface area contributed by atoms with Gasteiger partial charge in [-0.15, -0.1) is 0 Å². The maximum atomic E-state index is 11.6. The van der Waals surface area contributed by atoms with Gasteiger partial charge in [0.25, 0.3) is 0 Å². The summed E-state index contributed by atoms with van der Waals surface area (Å²) in [6, 6.07) is 5.92. The van der Waals surface area contributed by atoms with Crippen LogP contribution in [0.3, 0.4) is 0 Å². The number of piperazine rings is 1. The van der Waals surface area contributed by atoms with Gasteiger partial charge in [0.1, 0.15) is 0 Å². The van der Waals surface area contributed by atoms with E-state index < -0.39 is 0 Å². The van der Waals surface area contributed by atoms with Gasteiger partial charge in [-0.25, -0.2) is 4.79 Å². The van der Waals surface area contributed by atoms with Crippen LogP contribution in [-0.2, 0) is 4.74 Å². The second kappa shape index (κ2) is 6.31. The summed E-state index contributed by atoms with van der Waals surface area (Å²) in [7, 11) is 0. The summed E-state index contributed by atoms with van der Waals surface area (Å²) in [4.78, 5) is 15.6. The predicted octanol–water partition coefficient (Wildman–Crippen LogP) is 2.15. The average molecular weight is 375 g/mol. The predicted molar refractivity (Wildman–Crippen MR) is 84.4 cm³/mol. The molecule has 104 valence electrons. The van der Waals surface area contributed by atoms with E-state index in [2.05, 4.69) is 27.5 Å². The van der Waals surface area contributed by atoms with Crippen molar-refractivity contribution < 1.29 is 9.53 Å². The van der Waals surface area contributed by atoms with Gasteiger partial charge in [-0.3, -0.25) is 0 Å². The van der Waals surface area contributed by atoms with Gasteiger partial charge in [-0.2, -0.15) is 0 Å². The Balaban J connectivity index is 1.98. The Labute approximate surface area is 126 Å². The highest BCUT2D eigenvalue weighted by atomic mass is 127. The highest BCUT2D eigenvalue weighted by Gasteiger charge is 2.22. The summed E-state index contributed by atoms with van der Waals surface area (Å²) in [6.07, 6.45) is -0.214. The van der Waals surface area contributed by atoms with Gasteiger partial charge >= 0.3 is 6.09 Å². The SMILES string of the molecule is CCOC(=O)N1CCN(c2ccc(N)cc2I)CC1. The number of benzene rings is 1. The van der Waals surface area contributed by atoms with E-state index in [1.807, 2.05) is 25.1 Å². The summed E-state index contributed by atoms with van der Waals surface area (Å²) in [5.41, 5.74) is 7.71. The molecule has 0 aromatic heterocycles. The second-order valence-corrected chi connectivity index (χ2v) is 5.55. The Morgan fingerprint density at radius 1 is 1.37 bits per heavy atom. The average Bonchev–Trinajstić information content (AvgIpc) is 2.39. The number of hydrogen-bond donors (Lipinski definition) is 1. The lowest BCUT2D eigenvalue weighted by atomic mass is 10.2. The zero-order valence-electron chi connectivity index (χ0n) is 10.9. The normalized spacial score (nSPS) is 15.5. The molecule has 0 radical (unpaired) electrons. The van der Waals surface area contributed by atoms with Crippen LogP contribution in [0.2, 0.25) is 0 Å². The first-order chi connectivity index (χ1) is 9.11. The van der Waals surface area contributed by atoms with Crippen LogP contribution in [-0.4, -0.2) is 43.8 Å². The fourth-order valence-electron chi connectivity index (χ4n) is 2.12. The van der Waals surface area contributed by atoms with Crippen LogP contribution in [0.1, 0.15) is 6.92 Å². The topological polar surface area (TPSA) is 58.8 Å². The monoisotopic (exact) mass is 375 g/mol. The van der Waals surface area contributed by atoms with Crippen LogP contribution in [0, 0.1) is 3.57 Å². The molecular formula is C13H18IN3O2. The molecule has 0 saturated carbocycles. The van der Waals surface area contributed by atoms with Gasteiger partial charge in [0.2, 0.25) is 0 Å². The number of rotatable bonds is 2. The van der Waals surface area contributed by atoms with Crippen molar-refractivity contribution in [1.82, 2.24) is 4.90 Å². The minimum Gasteiger partial charge on any atom is -0.450 e. The third-order valence-electron chi connectivity index (χ3n) is 3.12. The molecule has 0 bridgehead atoms. The molecule has 1 aliphatic heterocycles. The minimum absolute atomic E-state index is 0.214. The number of anilines is 2. The molecule has 1 amide bonds. The number of halogens is 1. The third-order valence-corrected chi connectivity index (χ3v) is 3.98. The molecule has 1 saturated heterocycles. The van der Waals surface area contributed by atoms with Gasteiger partial charge < -0.3 is 20.3 Å². The second-order valence-electron chi connectivity index (χ2n) is 4.38. The zero-order chi connectivity index (χ0) is 13.8. The van der Waals surface area contributed by atoms with E-state index in [4.69, 9.17) is 10.5 Å². The van der Waals surface area contributed by atoms with Crippen LogP contribution < -0.4 is 10.6 Å². The number of ether oxygens (including phenoxy) is 1. The fraction of sp³-hybridized carbons (Fsp3) is 0.462. The lowest BCUT2D eigenvalue weighted by Gasteiger charge is -2.35. The van der Waals surface area contributed by atoms with E-state index in [1.165, 1.54) is 5.69 Å². The summed E-state index contributed by atoms with van der Waals surface area (Å²) in [5.74, 6) is 0. The Kier molecular flexibility index (Phi) is 4.73. The molecule has 2 rings (SSSR count). The number of carbonyl (C=O) groups excluding carboxylic acids is 1. The molecule has 19 heavy (non-hydrogen) atoms. The molecule has 1 aliphatic rings. The number of nitrogens with zero attached hydrogens (tertiary/aromatic N) is 2. The highest BCUT2D eigenvalue weighted by molar-refractivity contribution is 14.1. The lowest BCUT2D eigenvalue weighted by molar-refractivity contribution is 0.105. The van der Waals surface area contributed by atoms with Crippen LogP contribution in [0.25, 0.3) is 0 Å². The standard InChI is InChI=1S/C13H18IN3O2/c1-2-19-13(18)17-7-5-16(6-8-17)12-4-3-10(15)9-11(12)14/h3-4,9H,2,5-8,15H2,1H3. The number of nitrogen functional groups attached to an aromatic ring is 1. The van der Waals surface area contributed by atoms with Crippen molar-refractivity contribution in [3.8, 4) is 0 Å². The van der Waals surface area contributed by atoms with Gasteiger partial charge in [0.05, 0.1) is 12.3 Å². The molecule has 0 aliphatic carbocycles. The number of nitrogens with two attached hydrogens (primary N) is 1. The third kappa shape index (κ3) is 3.43. The van der Waals surface area contributed by atoms with E-state index in [1.54, 1.807) is 4.90 Å². The maximum Gasteiger partial charge on any atom is 0.409 e. The largest absolute Gasteiger partial charge is 0.450 e. The van der Waals surface area contributed by atoms with Crippen LogP contribution >= 0.6 is 22.6 Å². The van der Waals surface area contributed by atoms with Crippen molar-refractivity contribution in [2.75, 3.05) is 43.4 Å². The summed E-state index contributed by atoms with van der Waals surface area (Å²) >= 11 is 2.29. The van der Waals surface area contributed by atoms with Crippen molar-refractivity contribution >= 4 is 40.1 Å². The Morgan fingerprint density at radius 3 is 2.63 bits per heavy atom. The fourth-order valence-corrected chi connectivity index (χ4v) is 3.00. The minimum atomic E-state index is -0.214. The van der Waals surface area contributed by atoms with Gasteiger partial charge in [-0.05, 0) is 47.7 Å². The smallest absolute Gasteiger partial charge is 0.409 e. The zero-order valence-corrected chi connectivity index (χ0v) is 13.1. The summed E-state index contributed by atoms with van der Waals surface area (Å²) < 4.78 is 6.15. The Hall–Kier alpha value is -1.18. The number of hydrogen-bond acceptors (Lipinski definition) is 4. The first-order valence-corrected chi connectivity index (χ1v) is 7.41. The maximum absolute atomic E-state index is 11.6. The van der Waals surface area contributed by atoms with Crippen LogP contribution in [0.15, 0.2) is 18.2 Å². The summed E-state index contributed by atoms with van der Waals surface area (Å²) in [5, 5.41) is 0.